The molecule has 3 aliphatic rings. The van der Waals surface area contributed by atoms with Gasteiger partial charge in [0.15, 0.2) is 0 Å². The van der Waals surface area contributed by atoms with Crippen LogP contribution in [0.4, 0.5) is 0 Å². The van der Waals surface area contributed by atoms with Crippen LogP contribution in [0.5, 0.6) is 0 Å². The Morgan fingerprint density at radius 1 is 0.667 bits per heavy atom. The van der Waals surface area contributed by atoms with Gasteiger partial charge in [-0.2, -0.15) is 0 Å². The summed E-state index contributed by atoms with van der Waals surface area (Å²) in [4.78, 5) is 0. The number of hydrogen-bond acceptors (Lipinski definition) is 0. The summed E-state index contributed by atoms with van der Waals surface area (Å²) in [6, 6.07) is 39.8. The normalized spacial score (nSPS) is 24.1. The Morgan fingerprint density at radius 2 is 1.33 bits per heavy atom. The van der Waals surface area contributed by atoms with Crippen LogP contribution in [0, 0.1) is 5.41 Å². The molecular weight excluding hydrogens is 612 g/mol. The number of allylic oxidation sites excluding steroid dienone is 2. The van der Waals surface area contributed by atoms with Crippen LogP contribution in [0.3, 0.4) is 0 Å². The molecule has 1 aliphatic heterocycles. The zero-order valence-corrected chi connectivity index (χ0v) is 31.3. The number of rotatable bonds is 11. The van der Waals surface area contributed by atoms with E-state index < -0.39 is 16.6 Å². The van der Waals surface area contributed by atoms with Crippen molar-refractivity contribution < 1.29 is 16.6 Å². The molecule has 2 aliphatic carbocycles. The van der Waals surface area contributed by atoms with Gasteiger partial charge in [0.25, 0.3) is 0 Å². The molecule has 5 aromatic rings. The summed E-state index contributed by atoms with van der Waals surface area (Å²) in [5.41, 5.74) is 12.7. The van der Waals surface area contributed by atoms with Crippen molar-refractivity contribution in [3.8, 4) is 0 Å². The fourth-order valence-corrected chi connectivity index (χ4v) is 21.2. The third-order valence-corrected chi connectivity index (χ3v) is 22.4. The Morgan fingerprint density at radius 3 is 2.04 bits per heavy atom. The number of benzene rings is 5. The minimum absolute atomic E-state index is 0.155. The summed E-state index contributed by atoms with van der Waals surface area (Å²) in [7, 11) is 0. The van der Waals surface area contributed by atoms with Gasteiger partial charge in [0.1, 0.15) is 0 Å². The van der Waals surface area contributed by atoms with Crippen LogP contribution in [0.2, 0.25) is 18.4 Å². The zero-order chi connectivity index (χ0) is 33.0. The number of hydrogen-bond donors (Lipinski definition) is 0. The van der Waals surface area contributed by atoms with Crippen molar-refractivity contribution in [2.75, 3.05) is 0 Å². The third-order valence-electron chi connectivity index (χ3n) is 13.2. The van der Waals surface area contributed by atoms with Gasteiger partial charge in [-0.15, -0.1) is 0 Å². The Bertz CT molecular complexity index is 2070. The first-order valence-electron chi connectivity index (χ1n) is 19.0. The molecule has 1 heteroatoms. The molecule has 0 nitrogen and oxygen atoms in total. The summed E-state index contributed by atoms with van der Waals surface area (Å²) >= 11 is -2.10. The summed E-state index contributed by atoms with van der Waals surface area (Å²) < 4.78 is 5.60. The summed E-state index contributed by atoms with van der Waals surface area (Å²) in [5.74, 6) is 0.877. The average Bonchev–Trinajstić information content (AvgIpc) is 3.44. The SMILES string of the molecule is CCC[CH2][Ti]1([CH2]C(CC)(C2C(CC)=C(c3cccc4ccccc34)c3ccccc32)C2C(CC)=Cc3c2ccc2ccccc32)[CH2][CH]1C. The van der Waals surface area contributed by atoms with E-state index in [4.69, 9.17) is 0 Å². The topological polar surface area (TPSA) is 0 Å². The first-order valence-corrected chi connectivity index (χ1v) is 23.2. The van der Waals surface area contributed by atoms with Gasteiger partial charge in [-0.1, -0.05) is 0 Å². The molecule has 5 aromatic carbocycles. The molecule has 0 amide bonds. The molecule has 0 saturated carbocycles. The summed E-state index contributed by atoms with van der Waals surface area (Å²) in [6.07, 6.45) is 8.83. The monoisotopic (exact) mass is 664 g/mol. The van der Waals surface area contributed by atoms with Crippen LogP contribution in [-0.2, 0) is 16.6 Å². The first-order chi connectivity index (χ1) is 23.5. The standard InChI is InChI=1S/C40H37.C4H9.C3H6.Ti/c1-5-26-25-36-31-19-11-9-16-28(31)23-24-35(36)38(26)40(4,7-3)39-29(6-2)37(33-20-12-13-21-34(33)39)32-22-14-17-27-15-8-10-18-30(27)32;1-3-4-2;1-3-2;/h8-25,38-39H,4-7H2,1-3H3;1,3-4H2,2H3;3H,1H2,2H3;. The molecule has 5 atom stereocenters. The molecule has 1 fully saturated rings. The molecule has 0 spiro atoms. The zero-order valence-electron chi connectivity index (χ0n) is 29.8. The van der Waals surface area contributed by atoms with Crippen LogP contribution < -0.4 is 0 Å². The molecule has 48 heavy (non-hydrogen) atoms. The van der Waals surface area contributed by atoms with Crippen molar-refractivity contribution in [2.45, 2.75) is 97.0 Å². The molecule has 0 aromatic heterocycles. The Balaban J connectivity index is 1.42. The summed E-state index contributed by atoms with van der Waals surface area (Å²) in [6.45, 7) is 12.5. The van der Waals surface area contributed by atoms with Gasteiger partial charge >= 0.3 is 294 Å². The molecule has 244 valence electrons. The fraction of sp³-hybridized carbons (Fsp3) is 0.362. The minimum atomic E-state index is -2.10. The second kappa shape index (κ2) is 12.6. The molecule has 1 heterocycles. The molecule has 5 unspecified atom stereocenters. The van der Waals surface area contributed by atoms with Crippen LogP contribution >= 0.6 is 0 Å². The Kier molecular flexibility index (Phi) is 8.42. The van der Waals surface area contributed by atoms with E-state index in [-0.39, 0.29) is 5.41 Å². The second-order valence-corrected chi connectivity index (χ2v) is 23.2. The van der Waals surface area contributed by atoms with Gasteiger partial charge in [0.2, 0.25) is 0 Å². The molecule has 0 radical (unpaired) electrons. The van der Waals surface area contributed by atoms with Crippen LogP contribution in [0.25, 0.3) is 33.2 Å². The van der Waals surface area contributed by atoms with Crippen molar-refractivity contribution in [3.05, 3.63) is 142 Å². The number of fused-ring (bicyclic) bond motifs is 5. The molecule has 1 saturated heterocycles. The van der Waals surface area contributed by atoms with Crippen molar-refractivity contribution in [1.29, 1.82) is 0 Å². The molecule has 0 N–H and O–H groups in total. The van der Waals surface area contributed by atoms with Crippen molar-refractivity contribution in [3.63, 3.8) is 0 Å². The van der Waals surface area contributed by atoms with Crippen LogP contribution in [0.1, 0.15) is 106 Å². The third kappa shape index (κ3) is 4.88. The van der Waals surface area contributed by atoms with E-state index in [1.54, 1.807) is 31.7 Å². The maximum atomic E-state index is 2.65. The molecular formula is C47H52Ti. The van der Waals surface area contributed by atoms with Gasteiger partial charge < -0.3 is 0 Å². The van der Waals surface area contributed by atoms with E-state index in [0.717, 1.165) is 17.1 Å². The van der Waals surface area contributed by atoms with Gasteiger partial charge in [0.05, 0.1) is 0 Å². The van der Waals surface area contributed by atoms with Crippen molar-refractivity contribution in [2.24, 2.45) is 5.41 Å². The van der Waals surface area contributed by atoms with Crippen LogP contribution in [0.15, 0.2) is 114 Å². The first kappa shape index (κ1) is 32.0. The summed E-state index contributed by atoms with van der Waals surface area (Å²) in [5, 5.41) is 5.54. The van der Waals surface area contributed by atoms with E-state index in [0.29, 0.717) is 11.8 Å². The van der Waals surface area contributed by atoms with Gasteiger partial charge in [-0.3, -0.25) is 0 Å². The quantitative estimate of drug-likeness (QED) is 0.123. The predicted molar refractivity (Wildman–Crippen MR) is 206 cm³/mol. The van der Waals surface area contributed by atoms with Gasteiger partial charge in [-0.25, -0.2) is 0 Å². The van der Waals surface area contributed by atoms with E-state index in [1.807, 2.05) is 0 Å². The maximum absolute atomic E-state index is 2.65. The Labute approximate surface area is 292 Å². The second-order valence-electron chi connectivity index (χ2n) is 15.4. The van der Waals surface area contributed by atoms with E-state index in [1.165, 1.54) is 67.8 Å². The molecule has 0 bridgehead atoms. The Hall–Kier alpha value is -3.19. The van der Waals surface area contributed by atoms with Crippen LogP contribution in [-0.4, -0.2) is 0 Å². The van der Waals surface area contributed by atoms with Crippen molar-refractivity contribution in [1.82, 2.24) is 0 Å². The fourth-order valence-electron chi connectivity index (χ4n) is 10.8. The van der Waals surface area contributed by atoms with Gasteiger partial charge in [0, 0.05) is 0 Å². The van der Waals surface area contributed by atoms with Crippen molar-refractivity contribution >= 4 is 33.2 Å². The van der Waals surface area contributed by atoms with Gasteiger partial charge in [-0.05, 0) is 0 Å². The molecule has 8 rings (SSSR count). The number of unbranched alkanes of at least 4 members (excludes halogenated alkanes) is 1. The van der Waals surface area contributed by atoms with E-state index in [9.17, 15) is 0 Å². The average molecular weight is 665 g/mol. The predicted octanol–water partition coefficient (Wildman–Crippen LogP) is 14.3. The van der Waals surface area contributed by atoms with E-state index >= 15 is 0 Å². The van der Waals surface area contributed by atoms with E-state index in [2.05, 4.69) is 144 Å².